The van der Waals surface area contributed by atoms with Gasteiger partial charge in [0.05, 0.1) is 17.4 Å². The Morgan fingerprint density at radius 1 is 1.41 bits per heavy atom. The number of nitrogens with zero attached hydrogens (tertiary/aromatic N) is 3. The Hall–Kier alpha value is -1.39. The van der Waals surface area contributed by atoms with Gasteiger partial charge in [0.1, 0.15) is 0 Å². The van der Waals surface area contributed by atoms with Crippen molar-refractivity contribution < 1.29 is 0 Å². The molecular weight excluding hydrogens is 212 g/mol. The molecule has 1 aromatic heterocycles. The lowest BCUT2D eigenvalue weighted by Gasteiger charge is -2.23. The van der Waals surface area contributed by atoms with Gasteiger partial charge in [-0.15, -0.1) is 0 Å². The summed E-state index contributed by atoms with van der Waals surface area (Å²) in [5, 5.41) is 0. The van der Waals surface area contributed by atoms with Crippen LogP contribution in [0.25, 0.3) is 11.0 Å². The number of rotatable bonds is 4. The molecule has 92 valence electrons. The molecule has 2 aromatic rings. The fourth-order valence-corrected chi connectivity index (χ4v) is 2.19. The smallest absolute Gasteiger partial charge is 0.0958 e. The van der Waals surface area contributed by atoms with Crippen LogP contribution in [0.4, 0.5) is 0 Å². The molecule has 1 aromatic carbocycles. The van der Waals surface area contributed by atoms with Crippen molar-refractivity contribution in [2.24, 2.45) is 5.73 Å². The van der Waals surface area contributed by atoms with Crippen molar-refractivity contribution in [3.8, 4) is 0 Å². The lowest BCUT2D eigenvalue weighted by atomic mass is 10.1. The second-order valence-corrected chi connectivity index (χ2v) is 4.49. The number of benzene rings is 1. The van der Waals surface area contributed by atoms with Gasteiger partial charge in [-0.25, -0.2) is 4.98 Å². The molecule has 2 N–H and O–H groups in total. The van der Waals surface area contributed by atoms with E-state index >= 15 is 0 Å². The van der Waals surface area contributed by atoms with E-state index in [2.05, 4.69) is 39.6 Å². The lowest BCUT2D eigenvalue weighted by molar-refractivity contribution is 0.306. The maximum atomic E-state index is 5.81. The quantitative estimate of drug-likeness (QED) is 0.871. The van der Waals surface area contributed by atoms with Crippen LogP contribution >= 0.6 is 0 Å². The van der Waals surface area contributed by atoms with E-state index in [0.29, 0.717) is 6.54 Å². The van der Waals surface area contributed by atoms with Gasteiger partial charge in [-0.1, -0.05) is 6.07 Å². The molecule has 1 unspecified atom stereocenters. The van der Waals surface area contributed by atoms with Crippen molar-refractivity contribution in [2.75, 3.05) is 20.6 Å². The molecule has 0 fully saturated rings. The zero-order chi connectivity index (χ0) is 12.4. The van der Waals surface area contributed by atoms with E-state index in [-0.39, 0.29) is 6.04 Å². The molecular formula is C13H20N4. The molecule has 1 heterocycles. The summed E-state index contributed by atoms with van der Waals surface area (Å²) in [7, 11) is 4.10. The van der Waals surface area contributed by atoms with Gasteiger partial charge in [0.15, 0.2) is 0 Å². The SMILES string of the molecule is CCn1cnc2cc(C(CN)N(C)C)ccc21. The average molecular weight is 232 g/mol. The molecule has 17 heavy (non-hydrogen) atoms. The maximum Gasteiger partial charge on any atom is 0.0958 e. The number of hydrogen-bond acceptors (Lipinski definition) is 3. The highest BCUT2D eigenvalue weighted by atomic mass is 15.1. The Balaban J connectivity index is 2.44. The Morgan fingerprint density at radius 2 is 2.18 bits per heavy atom. The van der Waals surface area contributed by atoms with Crippen molar-refractivity contribution in [1.82, 2.24) is 14.5 Å². The monoisotopic (exact) mass is 232 g/mol. The van der Waals surface area contributed by atoms with Crippen LogP contribution in [-0.4, -0.2) is 35.1 Å². The van der Waals surface area contributed by atoms with Crippen molar-refractivity contribution in [3.05, 3.63) is 30.1 Å². The molecule has 1 atom stereocenters. The highest BCUT2D eigenvalue weighted by molar-refractivity contribution is 5.76. The summed E-state index contributed by atoms with van der Waals surface area (Å²) in [5.41, 5.74) is 9.27. The van der Waals surface area contributed by atoms with Gasteiger partial charge in [-0.05, 0) is 38.7 Å². The Kier molecular flexibility index (Phi) is 3.45. The summed E-state index contributed by atoms with van der Waals surface area (Å²) in [5.74, 6) is 0. The Morgan fingerprint density at radius 3 is 2.76 bits per heavy atom. The normalized spacial score (nSPS) is 13.5. The number of aromatic nitrogens is 2. The van der Waals surface area contributed by atoms with E-state index in [0.717, 1.165) is 12.1 Å². The molecule has 2 rings (SSSR count). The minimum Gasteiger partial charge on any atom is -0.331 e. The van der Waals surface area contributed by atoms with Crippen LogP contribution in [0.2, 0.25) is 0 Å². The molecule has 0 aliphatic heterocycles. The Labute approximate surface area is 102 Å². The van der Waals surface area contributed by atoms with Gasteiger partial charge < -0.3 is 15.2 Å². The molecule has 4 nitrogen and oxygen atoms in total. The summed E-state index contributed by atoms with van der Waals surface area (Å²) >= 11 is 0. The number of aryl methyl sites for hydroxylation is 1. The second kappa shape index (κ2) is 4.85. The van der Waals surface area contributed by atoms with Gasteiger partial charge in [0, 0.05) is 19.1 Å². The minimum absolute atomic E-state index is 0.256. The number of imidazole rings is 1. The number of nitrogens with two attached hydrogens (primary N) is 1. The first-order valence-corrected chi connectivity index (χ1v) is 5.98. The Bertz CT molecular complexity index is 501. The van der Waals surface area contributed by atoms with Crippen LogP contribution in [0.15, 0.2) is 24.5 Å². The van der Waals surface area contributed by atoms with E-state index in [1.165, 1.54) is 11.1 Å². The van der Waals surface area contributed by atoms with Crippen LogP contribution in [0.5, 0.6) is 0 Å². The zero-order valence-electron chi connectivity index (χ0n) is 10.7. The van der Waals surface area contributed by atoms with Crippen LogP contribution in [-0.2, 0) is 6.54 Å². The summed E-state index contributed by atoms with van der Waals surface area (Å²) in [6, 6.07) is 6.67. The highest BCUT2D eigenvalue weighted by Gasteiger charge is 2.13. The number of fused-ring (bicyclic) bond motifs is 1. The third-order valence-corrected chi connectivity index (χ3v) is 3.22. The standard InChI is InChI=1S/C13H20N4/c1-4-17-9-15-11-7-10(5-6-12(11)17)13(8-14)16(2)3/h5-7,9,13H,4,8,14H2,1-3H3. The van der Waals surface area contributed by atoms with E-state index in [9.17, 15) is 0 Å². The predicted octanol–water partition coefficient (Wildman–Crippen LogP) is 1.62. The zero-order valence-corrected chi connectivity index (χ0v) is 10.7. The molecule has 0 aliphatic rings. The van der Waals surface area contributed by atoms with Gasteiger partial charge >= 0.3 is 0 Å². The summed E-state index contributed by atoms with van der Waals surface area (Å²) < 4.78 is 2.15. The minimum atomic E-state index is 0.256. The largest absolute Gasteiger partial charge is 0.331 e. The van der Waals surface area contributed by atoms with E-state index in [1.807, 2.05) is 20.4 Å². The molecule has 0 amide bonds. The van der Waals surface area contributed by atoms with Crippen LogP contribution in [0.1, 0.15) is 18.5 Å². The third kappa shape index (κ3) is 2.18. The van der Waals surface area contributed by atoms with Gasteiger partial charge in [0.25, 0.3) is 0 Å². The maximum absolute atomic E-state index is 5.81. The van der Waals surface area contributed by atoms with Gasteiger partial charge in [-0.3, -0.25) is 0 Å². The first-order chi connectivity index (χ1) is 8.17. The van der Waals surface area contributed by atoms with Gasteiger partial charge in [0.2, 0.25) is 0 Å². The van der Waals surface area contributed by atoms with Crippen molar-refractivity contribution in [1.29, 1.82) is 0 Å². The molecule has 0 radical (unpaired) electrons. The number of hydrogen-bond donors (Lipinski definition) is 1. The topological polar surface area (TPSA) is 47.1 Å². The summed E-state index contributed by atoms with van der Waals surface area (Å²) in [4.78, 5) is 6.57. The first kappa shape index (κ1) is 12.1. The lowest BCUT2D eigenvalue weighted by Crippen LogP contribution is -2.27. The summed E-state index contributed by atoms with van der Waals surface area (Å²) in [6.07, 6.45) is 1.89. The van der Waals surface area contributed by atoms with Crippen LogP contribution < -0.4 is 5.73 Å². The second-order valence-electron chi connectivity index (χ2n) is 4.49. The van der Waals surface area contributed by atoms with E-state index in [1.54, 1.807) is 0 Å². The molecule has 0 saturated carbocycles. The molecule has 0 spiro atoms. The van der Waals surface area contributed by atoms with Crippen molar-refractivity contribution >= 4 is 11.0 Å². The average Bonchev–Trinajstić information content (AvgIpc) is 2.71. The predicted molar refractivity (Wildman–Crippen MR) is 70.9 cm³/mol. The molecule has 4 heteroatoms. The molecule has 0 bridgehead atoms. The van der Waals surface area contributed by atoms with Crippen LogP contribution in [0, 0.1) is 0 Å². The van der Waals surface area contributed by atoms with Gasteiger partial charge in [-0.2, -0.15) is 0 Å². The van der Waals surface area contributed by atoms with E-state index < -0.39 is 0 Å². The van der Waals surface area contributed by atoms with E-state index in [4.69, 9.17) is 5.73 Å². The molecule has 0 aliphatic carbocycles. The van der Waals surface area contributed by atoms with Crippen molar-refractivity contribution in [3.63, 3.8) is 0 Å². The summed E-state index contributed by atoms with van der Waals surface area (Å²) in [6.45, 7) is 3.69. The first-order valence-electron chi connectivity index (χ1n) is 5.98. The highest BCUT2D eigenvalue weighted by Crippen LogP contribution is 2.21. The molecule has 0 saturated heterocycles. The van der Waals surface area contributed by atoms with Crippen LogP contribution in [0.3, 0.4) is 0 Å². The third-order valence-electron chi connectivity index (χ3n) is 3.22. The fourth-order valence-electron chi connectivity index (χ4n) is 2.19. The van der Waals surface area contributed by atoms with Crippen molar-refractivity contribution in [2.45, 2.75) is 19.5 Å². The fraction of sp³-hybridized carbons (Fsp3) is 0.462. The number of likely N-dealkylation sites (N-methyl/N-ethyl adjacent to an activating group) is 1.